The number of carbonyl (C=O) groups is 1. The molecule has 0 atom stereocenters. The van der Waals surface area contributed by atoms with E-state index in [-0.39, 0.29) is 23.6 Å². The van der Waals surface area contributed by atoms with Gasteiger partial charge in [-0.2, -0.15) is 0 Å². The van der Waals surface area contributed by atoms with Crippen LogP contribution in [0, 0.1) is 6.92 Å². The van der Waals surface area contributed by atoms with E-state index in [1.165, 1.54) is 13.2 Å². The zero-order valence-electron chi connectivity index (χ0n) is 11.3. The van der Waals surface area contributed by atoms with Crippen LogP contribution in [0.5, 0.6) is 11.5 Å². The van der Waals surface area contributed by atoms with Crippen LogP contribution < -0.4 is 10.1 Å². The number of ether oxygens (including phenoxy) is 1. The Morgan fingerprint density at radius 1 is 1.40 bits per heavy atom. The first kappa shape index (κ1) is 13.8. The maximum atomic E-state index is 12.0. The SMILES string of the molecule is COc1cccc(C(=O)NCc2ccnc(C)n2)c1O. The fourth-order valence-electron chi connectivity index (χ4n) is 1.74. The standard InChI is InChI=1S/C14H15N3O3/c1-9-15-7-6-10(17-9)8-16-14(19)11-4-3-5-12(20-2)13(11)18/h3-7,18H,8H2,1-2H3,(H,16,19). The van der Waals surface area contributed by atoms with Gasteiger partial charge in [0.25, 0.3) is 5.91 Å². The molecule has 1 aromatic carbocycles. The van der Waals surface area contributed by atoms with Crippen molar-refractivity contribution in [1.29, 1.82) is 0 Å². The highest BCUT2D eigenvalue weighted by Gasteiger charge is 2.14. The molecule has 0 aliphatic rings. The number of phenols is 1. The number of hydrogen-bond donors (Lipinski definition) is 2. The van der Waals surface area contributed by atoms with Crippen LogP contribution in [0.3, 0.4) is 0 Å². The average Bonchev–Trinajstić information content (AvgIpc) is 2.45. The Bertz CT molecular complexity index is 629. The van der Waals surface area contributed by atoms with Crippen LogP contribution in [0.15, 0.2) is 30.5 Å². The lowest BCUT2D eigenvalue weighted by molar-refractivity contribution is 0.0947. The molecule has 6 heteroatoms. The number of aryl methyl sites for hydroxylation is 1. The van der Waals surface area contributed by atoms with Crippen molar-refractivity contribution >= 4 is 5.91 Å². The molecule has 0 fully saturated rings. The molecule has 0 aliphatic heterocycles. The molecule has 1 amide bonds. The van der Waals surface area contributed by atoms with E-state index >= 15 is 0 Å². The number of rotatable bonds is 4. The predicted octanol–water partition coefficient (Wildman–Crippen LogP) is 1.43. The molecular formula is C14H15N3O3. The number of phenolic OH excluding ortho intramolecular Hbond substituents is 1. The summed E-state index contributed by atoms with van der Waals surface area (Å²) >= 11 is 0. The van der Waals surface area contributed by atoms with E-state index in [1.54, 1.807) is 31.3 Å². The lowest BCUT2D eigenvalue weighted by atomic mass is 10.1. The summed E-state index contributed by atoms with van der Waals surface area (Å²) in [6.07, 6.45) is 1.63. The highest BCUT2D eigenvalue weighted by atomic mass is 16.5. The molecule has 2 rings (SSSR count). The molecule has 6 nitrogen and oxygen atoms in total. The number of hydrogen-bond acceptors (Lipinski definition) is 5. The van der Waals surface area contributed by atoms with Crippen molar-refractivity contribution in [1.82, 2.24) is 15.3 Å². The van der Waals surface area contributed by atoms with Crippen molar-refractivity contribution in [3.63, 3.8) is 0 Å². The van der Waals surface area contributed by atoms with Gasteiger partial charge in [-0.15, -0.1) is 0 Å². The molecule has 20 heavy (non-hydrogen) atoms. The molecule has 0 saturated heterocycles. The lowest BCUT2D eigenvalue weighted by Gasteiger charge is -2.09. The quantitative estimate of drug-likeness (QED) is 0.880. The van der Waals surface area contributed by atoms with Crippen molar-refractivity contribution in [2.75, 3.05) is 7.11 Å². The van der Waals surface area contributed by atoms with Crippen LogP contribution >= 0.6 is 0 Å². The first-order chi connectivity index (χ1) is 9.61. The van der Waals surface area contributed by atoms with Crippen LogP contribution in [0.1, 0.15) is 21.9 Å². The Hall–Kier alpha value is -2.63. The summed E-state index contributed by atoms with van der Waals surface area (Å²) in [6.45, 7) is 2.04. The van der Waals surface area contributed by atoms with Crippen LogP contribution in [-0.2, 0) is 6.54 Å². The summed E-state index contributed by atoms with van der Waals surface area (Å²) in [5, 5.41) is 12.6. The molecule has 104 valence electrons. The van der Waals surface area contributed by atoms with Gasteiger partial charge in [-0.1, -0.05) is 6.07 Å². The summed E-state index contributed by atoms with van der Waals surface area (Å²) in [4.78, 5) is 20.2. The fourth-order valence-corrected chi connectivity index (χ4v) is 1.74. The minimum atomic E-state index is -0.391. The van der Waals surface area contributed by atoms with Gasteiger partial charge in [0.15, 0.2) is 11.5 Å². The van der Waals surface area contributed by atoms with Gasteiger partial charge >= 0.3 is 0 Å². The van der Waals surface area contributed by atoms with Gasteiger partial charge in [0.2, 0.25) is 0 Å². The second-order valence-electron chi connectivity index (χ2n) is 4.13. The number of benzene rings is 1. The van der Waals surface area contributed by atoms with Crippen LogP contribution in [0.4, 0.5) is 0 Å². The smallest absolute Gasteiger partial charge is 0.255 e. The Morgan fingerprint density at radius 3 is 2.90 bits per heavy atom. The monoisotopic (exact) mass is 273 g/mol. The molecule has 0 radical (unpaired) electrons. The Kier molecular flexibility index (Phi) is 4.14. The highest BCUT2D eigenvalue weighted by Crippen LogP contribution is 2.29. The third-order valence-electron chi connectivity index (χ3n) is 2.73. The first-order valence-corrected chi connectivity index (χ1v) is 6.04. The molecule has 0 saturated carbocycles. The number of aromatic nitrogens is 2. The van der Waals surface area contributed by atoms with Gasteiger partial charge in [0.1, 0.15) is 5.82 Å². The average molecular weight is 273 g/mol. The van der Waals surface area contributed by atoms with Crippen molar-refractivity contribution in [3.8, 4) is 11.5 Å². The second kappa shape index (κ2) is 6.01. The van der Waals surface area contributed by atoms with E-state index in [0.717, 1.165) is 0 Å². The van der Waals surface area contributed by atoms with Gasteiger partial charge in [0, 0.05) is 6.20 Å². The van der Waals surface area contributed by atoms with E-state index in [9.17, 15) is 9.90 Å². The first-order valence-electron chi connectivity index (χ1n) is 6.04. The van der Waals surface area contributed by atoms with E-state index in [1.807, 2.05) is 0 Å². The van der Waals surface area contributed by atoms with E-state index in [0.29, 0.717) is 11.5 Å². The second-order valence-corrected chi connectivity index (χ2v) is 4.13. The number of carbonyl (C=O) groups excluding carboxylic acids is 1. The summed E-state index contributed by atoms with van der Waals surface area (Å²) < 4.78 is 4.96. The Balaban J connectivity index is 2.09. The minimum Gasteiger partial charge on any atom is -0.504 e. The number of aromatic hydroxyl groups is 1. The van der Waals surface area contributed by atoms with E-state index < -0.39 is 5.91 Å². The molecule has 0 aliphatic carbocycles. The van der Waals surface area contributed by atoms with Crippen molar-refractivity contribution < 1.29 is 14.6 Å². The zero-order chi connectivity index (χ0) is 14.5. The summed E-state index contributed by atoms with van der Waals surface area (Å²) in [7, 11) is 1.43. The number of methoxy groups -OCH3 is 1. The summed E-state index contributed by atoms with van der Waals surface area (Å²) in [5.74, 6) is 0.334. The minimum absolute atomic E-state index is 0.162. The van der Waals surface area contributed by atoms with Gasteiger partial charge in [-0.3, -0.25) is 4.79 Å². The van der Waals surface area contributed by atoms with Gasteiger partial charge < -0.3 is 15.2 Å². The maximum absolute atomic E-state index is 12.0. The maximum Gasteiger partial charge on any atom is 0.255 e. The molecule has 1 heterocycles. The molecule has 2 aromatic rings. The Morgan fingerprint density at radius 2 is 2.20 bits per heavy atom. The zero-order valence-corrected chi connectivity index (χ0v) is 11.3. The van der Waals surface area contributed by atoms with Gasteiger partial charge in [-0.05, 0) is 25.1 Å². The van der Waals surface area contributed by atoms with Crippen molar-refractivity contribution in [3.05, 3.63) is 47.5 Å². The predicted molar refractivity (Wildman–Crippen MR) is 72.6 cm³/mol. The number of nitrogens with one attached hydrogen (secondary N) is 1. The normalized spacial score (nSPS) is 10.1. The highest BCUT2D eigenvalue weighted by molar-refractivity contribution is 5.97. The molecular weight excluding hydrogens is 258 g/mol. The van der Waals surface area contributed by atoms with Crippen molar-refractivity contribution in [2.45, 2.75) is 13.5 Å². The lowest BCUT2D eigenvalue weighted by Crippen LogP contribution is -2.23. The number of para-hydroxylation sites is 1. The third-order valence-corrected chi connectivity index (χ3v) is 2.73. The molecule has 2 N–H and O–H groups in total. The Labute approximate surface area is 116 Å². The van der Waals surface area contributed by atoms with E-state index in [2.05, 4.69) is 15.3 Å². The van der Waals surface area contributed by atoms with Crippen LogP contribution in [0.2, 0.25) is 0 Å². The molecule has 0 bridgehead atoms. The van der Waals surface area contributed by atoms with Crippen LogP contribution in [0.25, 0.3) is 0 Å². The topological polar surface area (TPSA) is 84.3 Å². The van der Waals surface area contributed by atoms with Crippen molar-refractivity contribution in [2.24, 2.45) is 0 Å². The van der Waals surface area contributed by atoms with Crippen LogP contribution in [-0.4, -0.2) is 28.1 Å². The summed E-state index contributed by atoms with van der Waals surface area (Å²) in [6, 6.07) is 6.47. The van der Waals surface area contributed by atoms with Gasteiger partial charge in [-0.25, -0.2) is 9.97 Å². The molecule has 1 aromatic heterocycles. The number of nitrogens with zero attached hydrogens (tertiary/aromatic N) is 2. The third kappa shape index (κ3) is 3.03. The fraction of sp³-hybridized carbons (Fsp3) is 0.214. The van der Waals surface area contributed by atoms with E-state index in [4.69, 9.17) is 4.74 Å². The molecule has 0 spiro atoms. The summed E-state index contributed by atoms with van der Waals surface area (Å²) in [5.41, 5.74) is 0.864. The number of amides is 1. The largest absolute Gasteiger partial charge is 0.504 e. The van der Waals surface area contributed by atoms with Gasteiger partial charge in [0.05, 0.1) is 24.9 Å². The molecule has 0 unspecified atom stereocenters.